The Morgan fingerprint density at radius 1 is 0.197 bits per heavy atom. The fourth-order valence-corrected chi connectivity index (χ4v) is 8.90. The molecule has 0 aliphatic rings. The van der Waals surface area contributed by atoms with Crippen molar-refractivity contribution in [3.63, 3.8) is 0 Å². The molecule has 1 heteroatoms. The van der Waals surface area contributed by atoms with Gasteiger partial charge in [-0.05, 0) is 136 Å². The second-order valence-corrected chi connectivity index (χ2v) is 15.8. The molecule has 0 saturated carbocycles. The van der Waals surface area contributed by atoms with Gasteiger partial charge in [-0.2, -0.15) is 0 Å². The molecular formula is C60H41N. The van der Waals surface area contributed by atoms with Crippen LogP contribution in [0.1, 0.15) is 0 Å². The summed E-state index contributed by atoms with van der Waals surface area (Å²) in [6.45, 7) is 0. The van der Waals surface area contributed by atoms with Crippen molar-refractivity contribution in [1.29, 1.82) is 0 Å². The van der Waals surface area contributed by atoms with Gasteiger partial charge in [-0.3, -0.25) is 0 Å². The third-order valence-electron chi connectivity index (χ3n) is 12.0. The van der Waals surface area contributed by atoms with Gasteiger partial charge < -0.3 is 4.90 Å². The Hall–Kier alpha value is -8.00. The van der Waals surface area contributed by atoms with Crippen LogP contribution < -0.4 is 4.90 Å². The number of hydrogen-bond acceptors (Lipinski definition) is 1. The normalized spacial score (nSPS) is 11.3. The zero-order chi connectivity index (χ0) is 40.5. The van der Waals surface area contributed by atoms with Gasteiger partial charge in [0, 0.05) is 17.1 Å². The Bertz CT molecular complexity index is 3320. The van der Waals surface area contributed by atoms with Crippen LogP contribution in [0.5, 0.6) is 0 Å². The second kappa shape index (κ2) is 15.6. The number of anilines is 3. The fraction of sp³-hybridized carbons (Fsp3) is 0. The molecule has 0 radical (unpaired) electrons. The van der Waals surface area contributed by atoms with E-state index in [1.165, 1.54) is 88.0 Å². The van der Waals surface area contributed by atoms with Gasteiger partial charge >= 0.3 is 0 Å². The van der Waals surface area contributed by atoms with E-state index in [0.29, 0.717) is 0 Å². The van der Waals surface area contributed by atoms with Crippen LogP contribution in [0.3, 0.4) is 0 Å². The third-order valence-corrected chi connectivity index (χ3v) is 12.0. The SMILES string of the molecule is c1ccc(-c2cccc3cccc(-c4ccc(N(c5ccc(-c6ccc(-c7ccc8ccccc8c7)cc6)cc5)c5cccc(-c6ccc7ccccc7c6)c5)cc4)c23)cc1. The monoisotopic (exact) mass is 775 g/mol. The smallest absolute Gasteiger partial charge is 0.0467 e. The van der Waals surface area contributed by atoms with Crippen LogP contribution in [-0.4, -0.2) is 0 Å². The largest absolute Gasteiger partial charge is 0.310 e. The molecule has 11 aromatic rings. The lowest BCUT2D eigenvalue weighted by Gasteiger charge is -2.26. The molecule has 1 nitrogen and oxygen atoms in total. The highest BCUT2D eigenvalue weighted by molar-refractivity contribution is 6.06. The lowest BCUT2D eigenvalue weighted by Crippen LogP contribution is -2.10. The maximum atomic E-state index is 2.37. The standard InChI is InChI=1S/C60H41N/c1-2-13-47(14-3-1)58-21-9-17-49-18-10-22-59(60(49)58)48-33-37-56(38-34-48)61(57-20-8-19-52(41-57)54-30-28-43-12-5-7-16-51(43)40-54)55-35-31-45(32-36-55)44-23-25-46(26-24-44)53-29-27-42-11-4-6-15-50(42)39-53/h1-41H. The van der Waals surface area contributed by atoms with Crippen LogP contribution in [0, 0.1) is 0 Å². The Labute approximate surface area is 357 Å². The van der Waals surface area contributed by atoms with E-state index in [9.17, 15) is 0 Å². The van der Waals surface area contributed by atoms with Gasteiger partial charge in [0.15, 0.2) is 0 Å². The first-order valence-electron chi connectivity index (χ1n) is 21.0. The van der Waals surface area contributed by atoms with Crippen LogP contribution in [0.4, 0.5) is 17.1 Å². The molecule has 0 aliphatic carbocycles. The lowest BCUT2D eigenvalue weighted by molar-refractivity contribution is 1.28. The summed E-state index contributed by atoms with van der Waals surface area (Å²) in [4.78, 5) is 2.37. The molecule has 61 heavy (non-hydrogen) atoms. The minimum absolute atomic E-state index is 1.09. The average Bonchev–Trinajstić information content (AvgIpc) is 3.34. The fourth-order valence-electron chi connectivity index (χ4n) is 8.90. The quantitative estimate of drug-likeness (QED) is 0.149. The summed E-state index contributed by atoms with van der Waals surface area (Å²) in [6, 6.07) is 90.4. The first kappa shape index (κ1) is 36.1. The van der Waals surface area contributed by atoms with Crippen LogP contribution in [0.2, 0.25) is 0 Å². The van der Waals surface area contributed by atoms with Crippen LogP contribution >= 0.6 is 0 Å². The third kappa shape index (κ3) is 7.03. The van der Waals surface area contributed by atoms with Crippen molar-refractivity contribution >= 4 is 49.4 Å². The maximum absolute atomic E-state index is 2.37. The number of benzene rings is 11. The van der Waals surface area contributed by atoms with Crippen molar-refractivity contribution < 1.29 is 0 Å². The number of nitrogens with zero attached hydrogens (tertiary/aromatic N) is 1. The molecule has 0 amide bonds. The van der Waals surface area contributed by atoms with Crippen molar-refractivity contribution in [2.24, 2.45) is 0 Å². The zero-order valence-electron chi connectivity index (χ0n) is 33.6. The summed E-state index contributed by atoms with van der Waals surface area (Å²) in [6.07, 6.45) is 0. The molecule has 0 aliphatic heterocycles. The molecule has 0 aromatic heterocycles. The minimum Gasteiger partial charge on any atom is -0.310 e. The van der Waals surface area contributed by atoms with E-state index in [4.69, 9.17) is 0 Å². The number of fused-ring (bicyclic) bond motifs is 3. The second-order valence-electron chi connectivity index (χ2n) is 15.8. The van der Waals surface area contributed by atoms with Gasteiger partial charge in [-0.1, -0.05) is 200 Å². The zero-order valence-corrected chi connectivity index (χ0v) is 33.6. The summed E-state index contributed by atoms with van der Waals surface area (Å²) < 4.78 is 0. The molecule has 11 rings (SSSR count). The highest BCUT2D eigenvalue weighted by Crippen LogP contribution is 2.41. The Morgan fingerprint density at radius 3 is 1.15 bits per heavy atom. The Kier molecular flexibility index (Phi) is 9.26. The molecule has 0 N–H and O–H groups in total. The molecule has 0 atom stereocenters. The first-order valence-corrected chi connectivity index (χ1v) is 21.0. The lowest BCUT2D eigenvalue weighted by atomic mass is 9.91. The Balaban J connectivity index is 0.968. The van der Waals surface area contributed by atoms with E-state index in [1.807, 2.05) is 0 Å². The van der Waals surface area contributed by atoms with Crippen molar-refractivity contribution in [1.82, 2.24) is 0 Å². The summed E-state index contributed by atoms with van der Waals surface area (Å²) in [5, 5.41) is 7.50. The van der Waals surface area contributed by atoms with Gasteiger partial charge in [-0.25, -0.2) is 0 Å². The van der Waals surface area contributed by atoms with Crippen molar-refractivity contribution in [2.75, 3.05) is 4.90 Å². The van der Waals surface area contributed by atoms with E-state index >= 15 is 0 Å². The molecule has 0 heterocycles. The van der Waals surface area contributed by atoms with E-state index in [-0.39, 0.29) is 0 Å². The summed E-state index contributed by atoms with van der Waals surface area (Å²) >= 11 is 0. The minimum atomic E-state index is 1.09. The molecule has 0 unspecified atom stereocenters. The van der Waals surface area contributed by atoms with Gasteiger partial charge in [-0.15, -0.1) is 0 Å². The molecule has 0 bridgehead atoms. The van der Waals surface area contributed by atoms with Crippen molar-refractivity contribution in [3.8, 4) is 55.6 Å². The van der Waals surface area contributed by atoms with E-state index in [0.717, 1.165) is 17.1 Å². The van der Waals surface area contributed by atoms with Crippen LogP contribution in [-0.2, 0) is 0 Å². The summed E-state index contributed by atoms with van der Waals surface area (Å²) in [5.74, 6) is 0. The summed E-state index contributed by atoms with van der Waals surface area (Å²) in [7, 11) is 0. The molecular weight excluding hydrogens is 735 g/mol. The average molecular weight is 776 g/mol. The van der Waals surface area contributed by atoms with E-state index in [2.05, 4.69) is 254 Å². The molecule has 0 fully saturated rings. The van der Waals surface area contributed by atoms with Gasteiger partial charge in [0.05, 0.1) is 0 Å². The molecule has 0 saturated heterocycles. The van der Waals surface area contributed by atoms with Crippen molar-refractivity contribution in [3.05, 3.63) is 249 Å². The topological polar surface area (TPSA) is 3.24 Å². The van der Waals surface area contributed by atoms with Gasteiger partial charge in [0.1, 0.15) is 0 Å². The molecule has 11 aromatic carbocycles. The van der Waals surface area contributed by atoms with Crippen LogP contribution in [0.15, 0.2) is 249 Å². The maximum Gasteiger partial charge on any atom is 0.0467 e. The first-order chi connectivity index (χ1) is 30.2. The molecule has 286 valence electrons. The van der Waals surface area contributed by atoms with Crippen molar-refractivity contribution in [2.45, 2.75) is 0 Å². The van der Waals surface area contributed by atoms with Gasteiger partial charge in [0.2, 0.25) is 0 Å². The van der Waals surface area contributed by atoms with Crippen LogP contribution in [0.25, 0.3) is 88.0 Å². The highest BCUT2D eigenvalue weighted by Gasteiger charge is 2.16. The van der Waals surface area contributed by atoms with Gasteiger partial charge in [0.25, 0.3) is 0 Å². The Morgan fingerprint density at radius 2 is 0.574 bits per heavy atom. The van der Waals surface area contributed by atoms with E-state index in [1.54, 1.807) is 0 Å². The predicted molar refractivity (Wildman–Crippen MR) is 261 cm³/mol. The highest BCUT2D eigenvalue weighted by atomic mass is 15.1. The number of hydrogen-bond donors (Lipinski definition) is 0. The summed E-state index contributed by atoms with van der Waals surface area (Å²) in [5.41, 5.74) is 15.4. The predicted octanol–water partition coefficient (Wildman–Crippen LogP) is 17.0. The van der Waals surface area contributed by atoms with E-state index < -0.39 is 0 Å². The molecule has 0 spiro atoms. The number of rotatable bonds is 8.